The molecule has 5 heterocycles. The SMILES string of the molecule is CC1CN(c2cccc(-c3ccc4nc(-c5cccnc5N)n(-c5ccc(C6(N)CCC6)cc5)c4n3)c2F)CCC1N1CCCC1=O. The number of pyridine rings is 2. The van der Waals surface area contributed by atoms with Gasteiger partial charge in [-0.05, 0) is 92.1 Å². The van der Waals surface area contributed by atoms with Crippen LogP contribution < -0.4 is 16.4 Å². The number of aromatic nitrogens is 4. The Kier molecular flexibility index (Phi) is 7.20. The second-order valence-corrected chi connectivity index (χ2v) is 13.4. The molecule has 2 aromatic carbocycles. The van der Waals surface area contributed by atoms with E-state index in [1.165, 1.54) is 0 Å². The van der Waals surface area contributed by atoms with Crippen LogP contribution in [0.5, 0.6) is 0 Å². The molecule has 3 aliphatic rings. The quantitative estimate of drug-likeness (QED) is 0.235. The molecule has 2 saturated heterocycles. The van der Waals surface area contributed by atoms with Gasteiger partial charge in [0.1, 0.15) is 11.3 Å². The molecule has 240 valence electrons. The second-order valence-electron chi connectivity index (χ2n) is 13.4. The lowest BCUT2D eigenvalue weighted by molar-refractivity contribution is -0.130. The van der Waals surface area contributed by atoms with Crippen molar-refractivity contribution in [1.29, 1.82) is 0 Å². The van der Waals surface area contributed by atoms with E-state index in [2.05, 4.69) is 28.9 Å². The molecule has 9 nitrogen and oxygen atoms in total. The van der Waals surface area contributed by atoms with Gasteiger partial charge in [-0.15, -0.1) is 0 Å². The normalized spacial score (nSPS) is 21.0. The molecule has 4 N–H and O–H groups in total. The minimum atomic E-state index is -0.303. The smallest absolute Gasteiger partial charge is 0.222 e. The van der Waals surface area contributed by atoms with Crippen LogP contribution in [0.15, 0.2) is 72.9 Å². The topological polar surface area (TPSA) is 119 Å². The Balaban J connectivity index is 1.18. The Morgan fingerprint density at radius 3 is 2.45 bits per heavy atom. The van der Waals surface area contributed by atoms with Crippen molar-refractivity contribution < 1.29 is 9.18 Å². The van der Waals surface area contributed by atoms with Gasteiger partial charge in [-0.2, -0.15) is 0 Å². The Morgan fingerprint density at radius 1 is 0.936 bits per heavy atom. The monoisotopic (exact) mass is 630 g/mol. The number of fused-ring (bicyclic) bond motifs is 1. The van der Waals surface area contributed by atoms with E-state index in [9.17, 15) is 4.79 Å². The van der Waals surface area contributed by atoms with Gasteiger partial charge in [-0.1, -0.05) is 25.1 Å². The number of nitrogens with two attached hydrogens (primary N) is 2. The number of likely N-dealkylation sites (tertiary alicyclic amines) is 1. The molecule has 0 radical (unpaired) electrons. The molecule has 1 amide bonds. The highest BCUT2D eigenvalue weighted by Gasteiger charge is 2.36. The molecule has 1 aliphatic carbocycles. The van der Waals surface area contributed by atoms with E-state index < -0.39 is 0 Å². The number of hydrogen-bond acceptors (Lipinski definition) is 7. The van der Waals surface area contributed by atoms with Gasteiger partial charge in [0.2, 0.25) is 5.91 Å². The molecule has 8 rings (SSSR count). The highest BCUT2D eigenvalue weighted by Crippen LogP contribution is 2.40. The Hall–Kier alpha value is -4.83. The van der Waals surface area contributed by atoms with Crippen LogP contribution in [0.2, 0.25) is 0 Å². The van der Waals surface area contributed by atoms with E-state index in [1.54, 1.807) is 12.3 Å². The van der Waals surface area contributed by atoms with E-state index in [0.717, 1.165) is 49.9 Å². The van der Waals surface area contributed by atoms with Crippen LogP contribution in [0, 0.1) is 11.7 Å². The number of nitrogen functional groups attached to an aromatic ring is 1. The summed E-state index contributed by atoms with van der Waals surface area (Å²) in [6.07, 6.45) is 7.12. The first kappa shape index (κ1) is 29.6. The third kappa shape index (κ3) is 5.02. The fourth-order valence-electron chi connectivity index (χ4n) is 7.72. The minimum Gasteiger partial charge on any atom is -0.383 e. The average Bonchev–Trinajstić information content (AvgIpc) is 3.67. The lowest BCUT2D eigenvalue weighted by Crippen LogP contribution is -2.50. The number of imidazole rings is 1. The Morgan fingerprint density at radius 2 is 1.74 bits per heavy atom. The first-order valence-electron chi connectivity index (χ1n) is 16.6. The van der Waals surface area contributed by atoms with Crippen LogP contribution in [0.25, 0.3) is 39.5 Å². The van der Waals surface area contributed by atoms with Crippen molar-refractivity contribution >= 4 is 28.6 Å². The summed E-state index contributed by atoms with van der Waals surface area (Å²) < 4.78 is 18.4. The molecule has 2 unspecified atom stereocenters. The zero-order valence-electron chi connectivity index (χ0n) is 26.6. The maximum Gasteiger partial charge on any atom is 0.222 e. The van der Waals surface area contributed by atoms with Gasteiger partial charge in [-0.25, -0.2) is 19.3 Å². The standard InChI is InChI=1S/C37H39FN8O/c1-23-22-44(21-16-30(23)45-20-4-9-32(45)47)31-8-2-6-26(33(31)38)28-14-15-29-36(42-28)46(35(43-29)27-7-3-19-41-34(27)39)25-12-10-24(11-13-25)37(40)17-5-18-37/h2-3,6-8,10-15,19,23,30H,4-5,9,16-18,20-22,40H2,1H3,(H2,39,41). The number of halogens is 1. The minimum absolute atomic E-state index is 0.207. The van der Waals surface area contributed by atoms with Crippen molar-refractivity contribution in [1.82, 2.24) is 24.4 Å². The van der Waals surface area contributed by atoms with Gasteiger partial charge >= 0.3 is 0 Å². The number of piperidine rings is 1. The number of benzene rings is 2. The molecular weight excluding hydrogens is 591 g/mol. The number of carbonyl (C=O) groups excluding carboxylic acids is 1. The largest absolute Gasteiger partial charge is 0.383 e. The fourth-order valence-corrected chi connectivity index (χ4v) is 7.72. The number of nitrogens with zero attached hydrogens (tertiary/aromatic N) is 6. The molecule has 1 saturated carbocycles. The van der Waals surface area contributed by atoms with E-state index in [4.69, 9.17) is 21.4 Å². The molecule has 3 aromatic heterocycles. The molecule has 47 heavy (non-hydrogen) atoms. The number of carbonyl (C=O) groups is 1. The van der Waals surface area contributed by atoms with Gasteiger partial charge in [0.25, 0.3) is 0 Å². The third-order valence-corrected chi connectivity index (χ3v) is 10.5. The summed E-state index contributed by atoms with van der Waals surface area (Å²) in [7, 11) is 0. The molecular formula is C37H39FN8O. The predicted octanol–water partition coefficient (Wildman–Crippen LogP) is 6.05. The van der Waals surface area contributed by atoms with Crippen molar-refractivity contribution in [2.45, 2.75) is 57.0 Å². The maximum atomic E-state index is 16.5. The number of hydrogen-bond donors (Lipinski definition) is 2. The van der Waals surface area contributed by atoms with Crippen LogP contribution in [0.3, 0.4) is 0 Å². The number of rotatable bonds is 6. The lowest BCUT2D eigenvalue weighted by atomic mass is 9.73. The highest BCUT2D eigenvalue weighted by atomic mass is 19.1. The summed E-state index contributed by atoms with van der Waals surface area (Å²) in [4.78, 5) is 30.9. The van der Waals surface area contributed by atoms with Crippen LogP contribution in [-0.4, -0.2) is 56.0 Å². The van der Waals surface area contributed by atoms with Crippen LogP contribution in [0.1, 0.15) is 51.0 Å². The van der Waals surface area contributed by atoms with E-state index in [-0.39, 0.29) is 29.2 Å². The van der Waals surface area contributed by atoms with E-state index in [1.807, 2.05) is 58.0 Å². The molecule has 5 aromatic rings. The average molecular weight is 631 g/mol. The first-order chi connectivity index (χ1) is 22.8. The molecule has 2 aliphatic heterocycles. The maximum absolute atomic E-state index is 16.5. The predicted molar refractivity (Wildman–Crippen MR) is 182 cm³/mol. The van der Waals surface area contributed by atoms with Crippen molar-refractivity contribution in [3.8, 4) is 28.3 Å². The summed E-state index contributed by atoms with van der Waals surface area (Å²) >= 11 is 0. The molecule has 3 fully saturated rings. The summed E-state index contributed by atoms with van der Waals surface area (Å²) in [5.74, 6) is 1.15. The van der Waals surface area contributed by atoms with Gasteiger partial charge in [0, 0.05) is 55.1 Å². The third-order valence-electron chi connectivity index (χ3n) is 10.5. The van der Waals surface area contributed by atoms with Crippen molar-refractivity contribution in [3.63, 3.8) is 0 Å². The second kappa shape index (κ2) is 11.5. The first-order valence-corrected chi connectivity index (χ1v) is 16.6. The molecule has 0 bridgehead atoms. The van der Waals surface area contributed by atoms with Crippen molar-refractivity contribution in [2.75, 3.05) is 30.3 Å². The zero-order chi connectivity index (χ0) is 32.3. The Labute approximate surface area is 273 Å². The van der Waals surface area contributed by atoms with Crippen molar-refractivity contribution in [3.05, 3.63) is 84.3 Å². The summed E-state index contributed by atoms with van der Waals surface area (Å²) in [5, 5.41) is 0. The number of anilines is 2. The molecule has 2 atom stereocenters. The molecule has 10 heteroatoms. The van der Waals surface area contributed by atoms with E-state index >= 15 is 4.39 Å². The summed E-state index contributed by atoms with van der Waals surface area (Å²) in [6, 6.07) is 21.4. The fraction of sp³-hybridized carbons (Fsp3) is 0.351. The van der Waals surface area contributed by atoms with Crippen LogP contribution in [-0.2, 0) is 10.3 Å². The van der Waals surface area contributed by atoms with E-state index in [0.29, 0.717) is 64.8 Å². The lowest BCUT2D eigenvalue weighted by Gasteiger charge is -2.42. The summed E-state index contributed by atoms with van der Waals surface area (Å²) in [6.45, 7) is 4.37. The Bertz CT molecular complexity index is 1980. The van der Waals surface area contributed by atoms with Crippen LogP contribution in [0.4, 0.5) is 15.9 Å². The van der Waals surface area contributed by atoms with Crippen LogP contribution >= 0.6 is 0 Å². The zero-order valence-corrected chi connectivity index (χ0v) is 26.6. The van der Waals surface area contributed by atoms with Gasteiger partial charge in [-0.3, -0.25) is 9.36 Å². The van der Waals surface area contributed by atoms with Gasteiger partial charge in [0.15, 0.2) is 17.3 Å². The highest BCUT2D eigenvalue weighted by molar-refractivity contribution is 5.85. The van der Waals surface area contributed by atoms with Gasteiger partial charge < -0.3 is 21.3 Å². The number of amides is 1. The van der Waals surface area contributed by atoms with Crippen molar-refractivity contribution in [2.24, 2.45) is 11.7 Å². The van der Waals surface area contributed by atoms with Gasteiger partial charge in [0.05, 0.1) is 16.9 Å². The molecule has 0 spiro atoms. The summed E-state index contributed by atoms with van der Waals surface area (Å²) in [5.41, 5.74) is 18.1.